The van der Waals surface area contributed by atoms with Crippen LogP contribution in [0.25, 0.3) is 0 Å². The Kier molecular flexibility index (Phi) is 5.88. The maximum Gasteiger partial charge on any atom is 0.404 e. The molecule has 1 rings (SSSR count). The number of hydrogen-bond acceptors (Lipinski definition) is 3. The average molecular weight is 258 g/mol. The second-order valence-corrected chi connectivity index (χ2v) is 5.50. The van der Waals surface area contributed by atoms with Gasteiger partial charge in [-0.3, -0.25) is 0 Å². The molecule has 0 unspecified atom stereocenters. The highest BCUT2D eigenvalue weighted by atomic mass is 16.5. The summed E-state index contributed by atoms with van der Waals surface area (Å²) in [5.41, 5.74) is 0. The Labute approximate surface area is 109 Å². The van der Waals surface area contributed by atoms with E-state index in [0.29, 0.717) is 18.7 Å². The molecule has 1 amide bonds. The summed E-state index contributed by atoms with van der Waals surface area (Å²) in [6.07, 6.45) is 1.99. The largest absolute Gasteiger partial charge is 0.465 e. The summed E-state index contributed by atoms with van der Waals surface area (Å²) < 4.78 is 5.23. The average Bonchev–Trinajstić information content (AvgIpc) is 2.30. The van der Waals surface area contributed by atoms with Gasteiger partial charge >= 0.3 is 6.09 Å². The van der Waals surface area contributed by atoms with E-state index in [1.54, 1.807) is 7.11 Å². The van der Waals surface area contributed by atoms with Crippen molar-refractivity contribution in [3.8, 4) is 0 Å². The normalized spacial score (nSPS) is 28.7. The molecule has 0 aliphatic heterocycles. The van der Waals surface area contributed by atoms with Crippen LogP contribution in [0.1, 0.15) is 33.1 Å². The monoisotopic (exact) mass is 258 g/mol. The Morgan fingerprint density at radius 1 is 1.50 bits per heavy atom. The van der Waals surface area contributed by atoms with Gasteiger partial charge in [-0.05, 0) is 40.2 Å². The number of nitrogens with zero attached hydrogens (tertiary/aromatic N) is 1. The van der Waals surface area contributed by atoms with E-state index in [0.717, 1.165) is 19.3 Å². The van der Waals surface area contributed by atoms with Gasteiger partial charge in [-0.1, -0.05) is 0 Å². The minimum atomic E-state index is -0.934. The lowest BCUT2D eigenvalue weighted by Crippen LogP contribution is -2.50. The smallest absolute Gasteiger partial charge is 0.404 e. The van der Waals surface area contributed by atoms with E-state index in [4.69, 9.17) is 9.84 Å². The lowest BCUT2D eigenvalue weighted by molar-refractivity contribution is 0.0586. The molecule has 0 heterocycles. The van der Waals surface area contributed by atoms with Gasteiger partial charge in [0.2, 0.25) is 0 Å². The molecule has 5 heteroatoms. The fourth-order valence-corrected chi connectivity index (χ4v) is 2.78. The first-order valence-electron chi connectivity index (χ1n) is 6.66. The number of carbonyl (C=O) groups is 1. The van der Waals surface area contributed by atoms with Crippen LogP contribution < -0.4 is 5.32 Å². The van der Waals surface area contributed by atoms with Gasteiger partial charge in [0.15, 0.2) is 0 Å². The molecular weight excluding hydrogens is 232 g/mol. The van der Waals surface area contributed by atoms with E-state index in [1.165, 1.54) is 0 Å². The Morgan fingerprint density at radius 3 is 2.67 bits per heavy atom. The van der Waals surface area contributed by atoms with Crippen molar-refractivity contribution in [1.82, 2.24) is 10.2 Å². The fourth-order valence-electron chi connectivity index (χ4n) is 2.78. The van der Waals surface area contributed by atoms with Gasteiger partial charge < -0.3 is 20.1 Å². The van der Waals surface area contributed by atoms with Crippen molar-refractivity contribution in [1.29, 1.82) is 0 Å². The van der Waals surface area contributed by atoms with Crippen molar-refractivity contribution in [2.75, 3.05) is 20.8 Å². The SMILES string of the molecule is COC[C@@H]1C[C@H](N(C)C(C)C)CC[C@@H]1NC(=O)O. The lowest BCUT2D eigenvalue weighted by Gasteiger charge is -2.41. The second kappa shape index (κ2) is 6.95. The molecule has 0 aromatic heterocycles. The zero-order valence-electron chi connectivity index (χ0n) is 11.8. The van der Waals surface area contributed by atoms with Crippen LogP contribution in [0, 0.1) is 5.92 Å². The number of rotatable bonds is 5. The molecular formula is C13H26N2O3. The number of methoxy groups -OCH3 is 1. The van der Waals surface area contributed by atoms with Gasteiger partial charge in [-0.2, -0.15) is 0 Å². The number of carboxylic acid groups (broad SMARTS) is 1. The van der Waals surface area contributed by atoms with E-state index in [-0.39, 0.29) is 12.0 Å². The Balaban J connectivity index is 2.61. The van der Waals surface area contributed by atoms with Crippen molar-refractivity contribution < 1.29 is 14.6 Å². The summed E-state index contributed by atoms with van der Waals surface area (Å²) >= 11 is 0. The van der Waals surface area contributed by atoms with E-state index in [9.17, 15) is 4.79 Å². The third-order valence-electron chi connectivity index (χ3n) is 4.03. The maximum atomic E-state index is 10.8. The van der Waals surface area contributed by atoms with Crippen LogP contribution >= 0.6 is 0 Å². The Hall–Kier alpha value is -0.810. The molecule has 18 heavy (non-hydrogen) atoms. The first kappa shape index (κ1) is 15.2. The predicted octanol–water partition coefficient (Wildman–Crippen LogP) is 1.78. The lowest BCUT2D eigenvalue weighted by atomic mass is 9.81. The van der Waals surface area contributed by atoms with Crippen molar-refractivity contribution in [3.63, 3.8) is 0 Å². The fraction of sp³-hybridized carbons (Fsp3) is 0.923. The molecule has 1 fully saturated rings. The van der Waals surface area contributed by atoms with Gasteiger partial charge in [0, 0.05) is 31.2 Å². The molecule has 1 aliphatic rings. The highest BCUT2D eigenvalue weighted by Crippen LogP contribution is 2.28. The van der Waals surface area contributed by atoms with Crippen LogP contribution in [0.3, 0.4) is 0 Å². The summed E-state index contributed by atoms with van der Waals surface area (Å²) in [7, 11) is 3.82. The van der Waals surface area contributed by atoms with Crippen molar-refractivity contribution in [3.05, 3.63) is 0 Å². The van der Waals surface area contributed by atoms with Gasteiger partial charge in [-0.25, -0.2) is 4.79 Å². The standard InChI is InChI=1S/C13H26N2O3/c1-9(2)15(3)11-5-6-12(14-13(16)17)10(7-11)8-18-4/h9-12,14H,5-8H2,1-4H3,(H,16,17)/t10-,11+,12-/m0/s1. The maximum absolute atomic E-state index is 10.8. The third-order valence-corrected chi connectivity index (χ3v) is 4.03. The second-order valence-electron chi connectivity index (χ2n) is 5.50. The van der Waals surface area contributed by atoms with E-state index in [1.807, 2.05) is 0 Å². The number of amides is 1. The van der Waals surface area contributed by atoms with E-state index in [2.05, 4.69) is 31.1 Å². The van der Waals surface area contributed by atoms with Gasteiger partial charge in [0.05, 0.1) is 6.61 Å². The molecule has 0 spiro atoms. The van der Waals surface area contributed by atoms with Crippen molar-refractivity contribution >= 4 is 6.09 Å². The minimum absolute atomic E-state index is 0.0271. The highest BCUT2D eigenvalue weighted by molar-refractivity contribution is 5.64. The minimum Gasteiger partial charge on any atom is -0.465 e. The molecule has 0 bridgehead atoms. The summed E-state index contributed by atoms with van der Waals surface area (Å²) in [6.45, 7) is 4.99. The van der Waals surface area contributed by atoms with Crippen LogP contribution in [0.4, 0.5) is 4.79 Å². The predicted molar refractivity (Wildman–Crippen MR) is 70.9 cm³/mol. The quantitative estimate of drug-likeness (QED) is 0.789. The molecule has 0 radical (unpaired) electrons. The van der Waals surface area contributed by atoms with Crippen LogP contribution in [0.15, 0.2) is 0 Å². The topological polar surface area (TPSA) is 61.8 Å². The van der Waals surface area contributed by atoms with Gasteiger partial charge in [0.25, 0.3) is 0 Å². The molecule has 0 saturated heterocycles. The number of ether oxygens (including phenoxy) is 1. The van der Waals surface area contributed by atoms with E-state index >= 15 is 0 Å². The molecule has 1 aliphatic carbocycles. The summed E-state index contributed by atoms with van der Waals surface area (Å²) in [6, 6.07) is 1.07. The molecule has 2 N–H and O–H groups in total. The first-order chi connectivity index (χ1) is 8.45. The summed E-state index contributed by atoms with van der Waals surface area (Å²) in [5, 5.41) is 11.5. The number of hydrogen-bond donors (Lipinski definition) is 2. The van der Waals surface area contributed by atoms with Crippen molar-refractivity contribution in [2.24, 2.45) is 5.92 Å². The molecule has 0 aromatic carbocycles. The van der Waals surface area contributed by atoms with Crippen LogP contribution in [-0.2, 0) is 4.74 Å². The Morgan fingerprint density at radius 2 is 2.17 bits per heavy atom. The van der Waals surface area contributed by atoms with Gasteiger partial charge in [-0.15, -0.1) is 0 Å². The van der Waals surface area contributed by atoms with Crippen molar-refractivity contribution in [2.45, 2.75) is 51.2 Å². The van der Waals surface area contributed by atoms with E-state index < -0.39 is 6.09 Å². The molecule has 1 saturated carbocycles. The van der Waals surface area contributed by atoms with Crippen LogP contribution in [0.5, 0.6) is 0 Å². The highest BCUT2D eigenvalue weighted by Gasteiger charge is 2.33. The zero-order chi connectivity index (χ0) is 13.7. The molecule has 106 valence electrons. The Bertz CT molecular complexity index is 271. The van der Waals surface area contributed by atoms with Gasteiger partial charge in [0.1, 0.15) is 0 Å². The first-order valence-corrected chi connectivity index (χ1v) is 6.66. The van der Waals surface area contributed by atoms with Crippen LogP contribution in [0.2, 0.25) is 0 Å². The van der Waals surface area contributed by atoms with Crippen LogP contribution in [-0.4, -0.2) is 55.0 Å². The zero-order valence-corrected chi connectivity index (χ0v) is 11.8. The molecule has 5 nitrogen and oxygen atoms in total. The molecule has 0 aromatic rings. The summed E-state index contributed by atoms with van der Waals surface area (Å²) in [5.74, 6) is 0.269. The molecule has 3 atom stereocenters. The number of nitrogens with one attached hydrogen (secondary N) is 1. The third kappa shape index (κ3) is 4.14. The summed E-state index contributed by atoms with van der Waals surface area (Å²) in [4.78, 5) is 13.2.